The molecule has 1 fully saturated rings. The van der Waals surface area contributed by atoms with Crippen LogP contribution in [0.3, 0.4) is 0 Å². The number of ether oxygens (including phenoxy) is 1. The first kappa shape index (κ1) is 10.6. The lowest BCUT2D eigenvalue weighted by molar-refractivity contribution is 0.155. The molecule has 1 atom stereocenters. The fourth-order valence-electron chi connectivity index (χ4n) is 2.24. The molecule has 1 aromatic carbocycles. The summed E-state index contributed by atoms with van der Waals surface area (Å²) in [5.41, 5.74) is 1.91. The Labute approximate surface area is 99.9 Å². The van der Waals surface area contributed by atoms with Crippen LogP contribution in [0, 0.1) is 6.92 Å². The van der Waals surface area contributed by atoms with Crippen molar-refractivity contribution in [3.8, 4) is 5.88 Å². The number of aryl methyl sites for hydroxylation is 1. The number of piperidine rings is 1. The van der Waals surface area contributed by atoms with Crippen LogP contribution in [0.2, 0.25) is 0 Å². The summed E-state index contributed by atoms with van der Waals surface area (Å²) in [7, 11) is 0. The summed E-state index contributed by atoms with van der Waals surface area (Å²) in [5.74, 6) is 0.623. The molecule has 0 radical (unpaired) electrons. The molecule has 1 aliphatic heterocycles. The van der Waals surface area contributed by atoms with E-state index in [0.29, 0.717) is 5.88 Å². The van der Waals surface area contributed by atoms with Crippen LogP contribution >= 0.6 is 0 Å². The Bertz CT molecular complexity index is 515. The number of fused-ring (bicyclic) bond motifs is 1. The second-order valence-corrected chi connectivity index (χ2v) is 4.53. The number of rotatable bonds is 2. The molecule has 1 unspecified atom stereocenters. The van der Waals surface area contributed by atoms with E-state index >= 15 is 0 Å². The van der Waals surface area contributed by atoms with Crippen LogP contribution in [0.5, 0.6) is 5.88 Å². The fraction of sp³-hybridized carbons (Fsp3) is 0.462. The molecule has 0 bridgehead atoms. The van der Waals surface area contributed by atoms with Crippen molar-refractivity contribution in [3.05, 3.63) is 23.8 Å². The topological polar surface area (TPSA) is 47.3 Å². The highest BCUT2D eigenvalue weighted by Gasteiger charge is 2.18. The summed E-state index contributed by atoms with van der Waals surface area (Å²) in [6, 6.07) is 6.00. The molecule has 0 spiro atoms. The summed E-state index contributed by atoms with van der Waals surface area (Å²) in [4.78, 5) is 0. The van der Waals surface area contributed by atoms with Gasteiger partial charge in [0, 0.05) is 6.54 Å². The maximum Gasteiger partial charge on any atom is 0.262 e. The fourth-order valence-corrected chi connectivity index (χ4v) is 2.24. The number of para-hydroxylation sites is 1. The Balaban J connectivity index is 1.87. The molecular formula is C13H16N2O2. The van der Waals surface area contributed by atoms with Crippen LogP contribution < -0.4 is 10.1 Å². The first-order valence-electron chi connectivity index (χ1n) is 6.07. The van der Waals surface area contributed by atoms with Gasteiger partial charge in [-0.1, -0.05) is 12.1 Å². The molecule has 4 nitrogen and oxygen atoms in total. The summed E-state index contributed by atoms with van der Waals surface area (Å²) >= 11 is 0. The second kappa shape index (κ2) is 4.37. The van der Waals surface area contributed by atoms with Gasteiger partial charge < -0.3 is 14.6 Å². The Kier molecular flexibility index (Phi) is 2.73. The lowest BCUT2D eigenvalue weighted by Gasteiger charge is -2.22. The molecule has 3 rings (SSSR count). The Morgan fingerprint density at radius 3 is 3.24 bits per heavy atom. The molecule has 0 aliphatic carbocycles. The zero-order chi connectivity index (χ0) is 11.7. The van der Waals surface area contributed by atoms with E-state index in [-0.39, 0.29) is 6.10 Å². The van der Waals surface area contributed by atoms with Gasteiger partial charge in [0.05, 0.1) is 5.39 Å². The van der Waals surface area contributed by atoms with Crippen molar-refractivity contribution in [1.82, 2.24) is 10.5 Å². The highest BCUT2D eigenvalue weighted by Crippen LogP contribution is 2.28. The quantitative estimate of drug-likeness (QED) is 0.862. The minimum Gasteiger partial charge on any atom is -0.470 e. The predicted molar refractivity (Wildman–Crippen MR) is 65.3 cm³/mol. The molecule has 0 amide bonds. The Hall–Kier alpha value is -1.55. The standard InChI is InChI=1S/C13H16N2O2/c1-9-4-2-6-11-12(9)17-15-13(11)16-10-5-3-7-14-8-10/h2,4,6,10,14H,3,5,7-8H2,1H3. The summed E-state index contributed by atoms with van der Waals surface area (Å²) < 4.78 is 11.2. The number of hydrogen-bond donors (Lipinski definition) is 1. The normalized spacial score (nSPS) is 20.6. The minimum absolute atomic E-state index is 0.206. The van der Waals surface area contributed by atoms with Crippen LogP contribution in [0.15, 0.2) is 22.7 Å². The van der Waals surface area contributed by atoms with E-state index in [1.165, 1.54) is 0 Å². The molecule has 1 aliphatic rings. The van der Waals surface area contributed by atoms with Crippen molar-refractivity contribution in [2.45, 2.75) is 25.9 Å². The van der Waals surface area contributed by atoms with Crippen LogP contribution in [-0.4, -0.2) is 24.4 Å². The van der Waals surface area contributed by atoms with Gasteiger partial charge in [-0.25, -0.2) is 0 Å². The Morgan fingerprint density at radius 1 is 1.47 bits per heavy atom. The molecule has 17 heavy (non-hydrogen) atoms. The summed E-state index contributed by atoms with van der Waals surface area (Å²) in [5, 5.41) is 8.32. The van der Waals surface area contributed by atoms with Gasteiger partial charge in [-0.3, -0.25) is 0 Å². The van der Waals surface area contributed by atoms with Gasteiger partial charge in [0.15, 0.2) is 5.58 Å². The van der Waals surface area contributed by atoms with Crippen LogP contribution in [-0.2, 0) is 0 Å². The van der Waals surface area contributed by atoms with E-state index in [9.17, 15) is 0 Å². The number of nitrogens with zero attached hydrogens (tertiary/aromatic N) is 1. The highest BCUT2D eigenvalue weighted by molar-refractivity contribution is 5.84. The average Bonchev–Trinajstić information content (AvgIpc) is 2.76. The third-order valence-electron chi connectivity index (χ3n) is 3.19. The number of nitrogens with one attached hydrogen (secondary N) is 1. The predicted octanol–water partition coefficient (Wildman–Crippen LogP) is 2.27. The van der Waals surface area contributed by atoms with Gasteiger partial charge in [0.2, 0.25) is 0 Å². The van der Waals surface area contributed by atoms with E-state index in [4.69, 9.17) is 9.26 Å². The third-order valence-corrected chi connectivity index (χ3v) is 3.19. The molecule has 1 saturated heterocycles. The summed E-state index contributed by atoms with van der Waals surface area (Å²) in [6.07, 6.45) is 2.43. The Morgan fingerprint density at radius 2 is 2.41 bits per heavy atom. The van der Waals surface area contributed by atoms with Gasteiger partial charge >= 0.3 is 0 Å². The van der Waals surface area contributed by atoms with Gasteiger partial charge in [0.1, 0.15) is 6.10 Å². The monoisotopic (exact) mass is 232 g/mol. The van der Waals surface area contributed by atoms with Gasteiger partial charge in [-0.05, 0) is 43.1 Å². The smallest absolute Gasteiger partial charge is 0.262 e. The molecule has 2 heterocycles. The lowest BCUT2D eigenvalue weighted by atomic mass is 10.1. The van der Waals surface area contributed by atoms with E-state index < -0.39 is 0 Å². The van der Waals surface area contributed by atoms with Gasteiger partial charge in [0.25, 0.3) is 5.88 Å². The van der Waals surface area contributed by atoms with Crippen molar-refractivity contribution < 1.29 is 9.26 Å². The SMILES string of the molecule is Cc1cccc2c(OC3CCCNC3)noc12. The lowest BCUT2D eigenvalue weighted by Crippen LogP contribution is -2.37. The van der Waals surface area contributed by atoms with E-state index in [1.807, 2.05) is 25.1 Å². The van der Waals surface area contributed by atoms with Crippen molar-refractivity contribution in [2.75, 3.05) is 13.1 Å². The third kappa shape index (κ3) is 2.00. The zero-order valence-electron chi connectivity index (χ0n) is 9.90. The van der Waals surface area contributed by atoms with Crippen molar-refractivity contribution in [2.24, 2.45) is 0 Å². The van der Waals surface area contributed by atoms with Crippen molar-refractivity contribution >= 4 is 11.0 Å². The number of benzene rings is 1. The first-order valence-corrected chi connectivity index (χ1v) is 6.07. The number of aromatic nitrogens is 1. The molecule has 90 valence electrons. The molecular weight excluding hydrogens is 216 g/mol. The van der Waals surface area contributed by atoms with Crippen LogP contribution in [0.4, 0.5) is 0 Å². The largest absolute Gasteiger partial charge is 0.470 e. The van der Waals surface area contributed by atoms with Gasteiger partial charge in [-0.2, -0.15) is 0 Å². The summed E-state index contributed by atoms with van der Waals surface area (Å²) in [6.45, 7) is 3.98. The van der Waals surface area contributed by atoms with E-state index in [1.54, 1.807) is 0 Å². The maximum atomic E-state index is 5.90. The first-order chi connectivity index (χ1) is 8.34. The molecule has 1 aromatic heterocycles. The van der Waals surface area contributed by atoms with E-state index in [2.05, 4.69) is 10.5 Å². The van der Waals surface area contributed by atoms with Crippen LogP contribution in [0.25, 0.3) is 11.0 Å². The molecule has 0 saturated carbocycles. The van der Waals surface area contributed by atoms with Crippen molar-refractivity contribution in [3.63, 3.8) is 0 Å². The minimum atomic E-state index is 0.206. The van der Waals surface area contributed by atoms with Crippen molar-refractivity contribution in [1.29, 1.82) is 0 Å². The highest BCUT2D eigenvalue weighted by atomic mass is 16.5. The van der Waals surface area contributed by atoms with Gasteiger partial charge in [-0.15, -0.1) is 0 Å². The molecule has 4 heteroatoms. The molecule has 2 aromatic rings. The molecule has 1 N–H and O–H groups in total. The van der Waals surface area contributed by atoms with Crippen LogP contribution in [0.1, 0.15) is 18.4 Å². The number of hydrogen-bond acceptors (Lipinski definition) is 4. The zero-order valence-corrected chi connectivity index (χ0v) is 9.90. The maximum absolute atomic E-state index is 5.90. The average molecular weight is 232 g/mol. The van der Waals surface area contributed by atoms with E-state index in [0.717, 1.165) is 42.5 Å². The second-order valence-electron chi connectivity index (χ2n) is 4.53.